The van der Waals surface area contributed by atoms with Crippen molar-refractivity contribution in [1.82, 2.24) is 0 Å². The van der Waals surface area contributed by atoms with E-state index in [0.29, 0.717) is 5.75 Å². The number of hydrogen-bond donors (Lipinski definition) is 1. The number of rotatable bonds is 4. The number of sulfonamides is 1. The smallest absolute Gasteiger partial charge is 0.212 e. The summed E-state index contributed by atoms with van der Waals surface area (Å²) in [6.45, 7) is 0.0564. The van der Waals surface area contributed by atoms with E-state index in [1.54, 1.807) is 6.07 Å². The molecule has 0 saturated carbocycles. The van der Waals surface area contributed by atoms with Gasteiger partial charge >= 0.3 is 0 Å². The number of primary sulfonamides is 1. The molecule has 0 heterocycles. The Kier molecular flexibility index (Phi) is 3.89. The minimum absolute atomic E-state index is 0.0564. The highest BCUT2D eigenvalue weighted by Crippen LogP contribution is 2.24. The molecule has 2 rings (SSSR count). The fraction of sp³-hybridized carbons (Fsp3) is 0.167. The Morgan fingerprint density at radius 3 is 2.50 bits per heavy atom. The fourth-order valence-corrected chi connectivity index (χ4v) is 2.25. The molecule has 0 aromatic heterocycles. The van der Waals surface area contributed by atoms with Gasteiger partial charge in [-0.1, -0.05) is 28.1 Å². The molecule has 2 aromatic rings. The second kappa shape index (κ2) is 5.26. The van der Waals surface area contributed by atoms with Gasteiger partial charge in [-0.3, -0.25) is 0 Å². The summed E-state index contributed by atoms with van der Waals surface area (Å²) in [5, 5.41) is 7.01. The summed E-state index contributed by atoms with van der Waals surface area (Å²) in [5.41, 5.74) is 0. The van der Waals surface area contributed by atoms with Crippen molar-refractivity contribution in [3.8, 4) is 5.75 Å². The lowest BCUT2D eigenvalue weighted by Gasteiger charge is -2.06. The molecule has 0 aliphatic heterocycles. The van der Waals surface area contributed by atoms with E-state index in [4.69, 9.17) is 9.88 Å². The third-order valence-electron chi connectivity index (χ3n) is 2.41. The third kappa shape index (κ3) is 3.69. The average Bonchev–Trinajstić information content (AvgIpc) is 2.27. The first-order valence-electron chi connectivity index (χ1n) is 5.27. The van der Waals surface area contributed by atoms with Crippen LogP contribution in [0.3, 0.4) is 0 Å². The van der Waals surface area contributed by atoms with Gasteiger partial charge in [0, 0.05) is 4.47 Å². The number of fused-ring (bicyclic) bond motifs is 1. The topological polar surface area (TPSA) is 69.4 Å². The molecular weight excluding hydrogens is 318 g/mol. The van der Waals surface area contributed by atoms with E-state index in [0.717, 1.165) is 15.2 Å². The maximum absolute atomic E-state index is 10.8. The highest BCUT2D eigenvalue weighted by molar-refractivity contribution is 9.10. The van der Waals surface area contributed by atoms with Crippen LogP contribution < -0.4 is 9.88 Å². The molecule has 6 heteroatoms. The lowest BCUT2D eigenvalue weighted by molar-refractivity contribution is 0.341. The highest BCUT2D eigenvalue weighted by atomic mass is 79.9. The summed E-state index contributed by atoms with van der Waals surface area (Å²) in [6, 6.07) is 11.5. The summed E-state index contributed by atoms with van der Waals surface area (Å²) >= 11 is 3.40. The van der Waals surface area contributed by atoms with Gasteiger partial charge in [0.05, 0.1) is 5.75 Å². The molecule has 2 aromatic carbocycles. The van der Waals surface area contributed by atoms with Crippen LogP contribution in [0.1, 0.15) is 0 Å². The first-order chi connectivity index (χ1) is 8.44. The van der Waals surface area contributed by atoms with Crippen LogP contribution in [0, 0.1) is 0 Å². The summed E-state index contributed by atoms with van der Waals surface area (Å²) in [4.78, 5) is 0. The fourth-order valence-electron chi connectivity index (χ4n) is 1.56. The zero-order valence-electron chi connectivity index (χ0n) is 9.47. The molecule has 0 spiro atoms. The van der Waals surface area contributed by atoms with E-state index in [2.05, 4.69) is 15.9 Å². The average molecular weight is 330 g/mol. The van der Waals surface area contributed by atoms with Crippen molar-refractivity contribution < 1.29 is 13.2 Å². The maximum atomic E-state index is 10.8. The van der Waals surface area contributed by atoms with Crippen molar-refractivity contribution in [1.29, 1.82) is 0 Å². The van der Waals surface area contributed by atoms with Crippen molar-refractivity contribution >= 4 is 36.7 Å². The molecule has 0 aliphatic rings. The zero-order chi connectivity index (χ0) is 13.2. The molecule has 0 fully saturated rings. The Bertz CT molecular complexity index is 670. The number of nitrogens with two attached hydrogens (primary N) is 1. The molecule has 96 valence electrons. The number of halogens is 1. The monoisotopic (exact) mass is 329 g/mol. The largest absolute Gasteiger partial charge is 0.492 e. The van der Waals surface area contributed by atoms with Crippen LogP contribution in [-0.4, -0.2) is 20.8 Å². The Labute approximate surface area is 114 Å². The van der Waals surface area contributed by atoms with Gasteiger partial charge in [0.15, 0.2) is 0 Å². The van der Waals surface area contributed by atoms with Gasteiger partial charge in [-0.25, -0.2) is 13.6 Å². The normalized spacial score (nSPS) is 11.7. The lowest BCUT2D eigenvalue weighted by atomic mass is 10.1. The van der Waals surface area contributed by atoms with Crippen LogP contribution in [0.25, 0.3) is 10.8 Å². The summed E-state index contributed by atoms with van der Waals surface area (Å²) < 4.78 is 27.9. The van der Waals surface area contributed by atoms with Crippen molar-refractivity contribution in [2.45, 2.75) is 0 Å². The van der Waals surface area contributed by atoms with Crippen LogP contribution in [0.4, 0.5) is 0 Å². The van der Waals surface area contributed by atoms with Gasteiger partial charge in [-0.2, -0.15) is 0 Å². The van der Waals surface area contributed by atoms with E-state index in [1.807, 2.05) is 30.3 Å². The van der Waals surface area contributed by atoms with Gasteiger partial charge in [0.25, 0.3) is 0 Å². The van der Waals surface area contributed by atoms with Crippen molar-refractivity contribution in [2.75, 3.05) is 12.4 Å². The van der Waals surface area contributed by atoms with Gasteiger partial charge in [0.2, 0.25) is 10.0 Å². The van der Waals surface area contributed by atoms with Crippen molar-refractivity contribution in [2.24, 2.45) is 5.14 Å². The predicted octanol–water partition coefficient (Wildman–Crippen LogP) is 2.27. The summed E-state index contributed by atoms with van der Waals surface area (Å²) in [7, 11) is -3.47. The van der Waals surface area contributed by atoms with Crippen LogP contribution in [0.5, 0.6) is 5.75 Å². The van der Waals surface area contributed by atoms with Crippen LogP contribution in [0.15, 0.2) is 40.9 Å². The van der Waals surface area contributed by atoms with E-state index < -0.39 is 10.0 Å². The van der Waals surface area contributed by atoms with Crippen LogP contribution in [0.2, 0.25) is 0 Å². The Hall–Kier alpha value is -1.11. The minimum atomic E-state index is -3.47. The van der Waals surface area contributed by atoms with E-state index >= 15 is 0 Å². The predicted molar refractivity (Wildman–Crippen MR) is 75.1 cm³/mol. The van der Waals surface area contributed by atoms with Crippen LogP contribution >= 0.6 is 15.9 Å². The van der Waals surface area contributed by atoms with Gasteiger partial charge in [0.1, 0.15) is 12.4 Å². The van der Waals surface area contributed by atoms with Crippen LogP contribution in [-0.2, 0) is 10.0 Å². The molecule has 0 saturated heterocycles. The standard InChI is InChI=1S/C12H12BrNO3S/c13-11-3-1-10-8-12(4-2-9(10)7-11)17-5-6-18(14,15)16/h1-4,7-8H,5-6H2,(H2,14,15,16). The molecule has 0 amide bonds. The van der Waals surface area contributed by atoms with Gasteiger partial charge in [-0.15, -0.1) is 0 Å². The molecule has 4 nitrogen and oxygen atoms in total. The summed E-state index contributed by atoms with van der Waals surface area (Å²) in [5.74, 6) is 0.444. The van der Waals surface area contributed by atoms with Crippen molar-refractivity contribution in [3.63, 3.8) is 0 Å². The number of ether oxygens (including phenoxy) is 1. The highest BCUT2D eigenvalue weighted by Gasteiger charge is 2.03. The minimum Gasteiger partial charge on any atom is -0.492 e. The van der Waals surface area contributed by atoms with Crippen molar-refractivity contribution in [3.05, 3.63) is 40.9 Å². The molecule has 0 aliphatic carbocycles. The molecule has 0 atom stereocenters. The Morgan fingerprint density at radius 1 is 1.11 bits per heavy atom. The molecule has 0 unspecified atom stereocenters. The quantitative estimate of drug-likeness (QED) is 0.935. The van der Waals surface area contributed by atoms with Gasteiger partial charge in [-0.05, 0) is 35.0 Å². The zero-order valence-corrected chi connectivity index (χ0v) is 11.9. The lowest BCUT2D eigenvalue weighted by Crippen LogP contribution is -2.21. The number of hydrogen-bond acceptors (Lipinski definition) is 3. The second-order valence-electron chi connectivity index (χ2n) is 3.87. The van der Waals surface area contributed by atoms with E-state index in [9.17, 15) is 8.42 Å². The van der Waals surface area contributed by atoms with Gasteiger partial charge < -0.3 is 4.74 Å². The van der Waals surface area contributed by atoms with E-state index in [1.165, 1.54) is 0 Å². The first-order valence-corrected chi connectivity index (χ1v) is 7.77. The maximum Gasteiger partial charge on any atom is 0.212 e. The molecule has 0 radical (unpaired) electrons. The first kappa shape index (κ1) is 13.3. The Balaban J connectivity index is 2.13. The molecule has 2 N–H and O–H groups in total. The molecule has 0 bridgehead atoms. The molecule has 18 heavy (non-hydrogen) atoms. The third-order valence-corrected chi connectivity index (χ3v) is 3.64. The second-order valence-corrected chi connectivity index (χ2v) is 6.52. The number of benzene rings is 2. The van der Waals surface area contributed by atoms with E-state index in [-0.39, 0.29) is 12.4 Å². The SMILES string of the molecule is NS(=O)(=O)CCOc1ccc2cc(Br)ccc2c1. The summed E-state index contributed by atoms with van der Waals surface area (Å²) in [6.07, 6.45) is 0. The molecular formula is C12H12BrNO3S. The Morgan fingerprint density at radius 2 is 1.78 bits per heavy atom.